The molecule has 0 radical (unpaired) electrons. The van der Waals surface area contributed by atoms with Crippen LogP contribution in [0.1, 0.15) is 53.7 Å². The average molecular weight is 553 g/mol. The first-order chi connectivity index (χ1) is 18.9. The van der Waals surface area contributed by atoms with Crippen molar-refractivity contribution in [3.63, 3.8) is 0 Å². The van der Waals surface area contributed by atoms with Crippen LogP contribution in [-0.4, -0.2) is 52.4 Å². The Hall–Kier alpha value is -3.66. The third-order valence-electron chi connectivity index (χ3n) is 8.14. The molecule has 11 heteroatoms. The van der Waals surface area contributed by atoms with E-state index in [1.807, 2.05) is 29.2 Å². The second kappa shape index (κ2) is 10.1. The molecule has 4 heterocycles. The highest BCUT2D eigenvalue weighted by atomic mass is 35.5. The molecule has 0 unspecified atom stereocenters. The molecule has 1 saturated heterocycles. The van der Waals surface area contributed by atoms with Gasteiger partial charge in [0.15, 0.2) is 0 Å². The molecule has 2 fully saturated rings. The second-order valence-corrected chi connectivity index (χ2v) is 11.0. The number of amides is 2. The predicted molar refractivity (Wildman–Crippen MR) is 142 cm³/mol. The summed E-state index contributed by atoms with van der Waals surface area (Å²) in [5.41, 5.74) is 0.695. The minimum absolute atomic E-state index is 0.123. The lowest BCUT2D eigenvalue weighted by atomic mass is 9.74. The number of para-hydroxylation sites is 1. The molecule has 1 aliphatic carbocycles. The molecule has 1 N–H and O–H groups in total. The Morgan fingerprint density at radius 1 is 1.13 bits per heavy atom. The number of halogens is 3. The second-order valence-electron chi connectivity index (χ2n) is 10.5. The van der Waals surface area contributed by atoms with Gasteiger partial charge < -0.3 is 15.1 Å². The monoisotopic (exact) mass is 552 g/mol. The number of nitrogens with one attached hydrogen (secondary N) is 1. The number of fused-ring (bicyclic) bond motifs is 2. The predicted octanol–water partition coefficient (Wildman–Crippen LogP) is 4.56. The van der Waals surface area contributed by atoms with Crippen molar-refractivity contribution in [2.45, 2.75) is 43.6 Å². The molecule has 3 aromatic rings. The number of aromatic nitrogens is 3. The summed E-state index contributed by atoms with van der Waals surface area (Å²) in [5, 5.41) is 3.01. The van der Waals surface area contributed by atoms with Gasteiger partial charge in [-0.15, -0.1) is 0 Å². The van der Waals surface area contributed by atoms with Gasteiger partial charge in [-0.1, -0.05) is 29.8 Å². The van der Waals surface area contributed by atoms with Crippen LogP contribution in [0.3, 0.4) is 0 Å². The summed E-state index contributed by atoms with van der Waals surface area (Å²) in [4.78, 5) is 42.6. The van der Waals surface area contributed by atoms with Gasteiger partial charge >= 0.3 is 0 Å². The summed E-state index contributed by atoms with van der Waals surface area (Å²) < 4.78 is 26.7. The highest BCUT2D eigenvalue weighted by molar-refractivity contribution is 6.30. The summed E-state index contributed by atoms with van der Waals surface area (Å²) in [6.45, 7) is 1.77. The van der Waals surface area contributed by atoms with E-state index >= 15 is 0 Å². The third-order valence-corrected chi connectivity index (χ3v) is 8.34. The van der Waals surface area contributed by atoms with Crippen LogP contribution < -0.4 is 15.1 Å². The summed E-state index contributed by atoms with van der Waals surface area (Å²) in [5.74, 6) is 0.617. The molecule has 0 atom stereocenters. The summed E-state index contributed by atoms with van der Waals surface area (Å²) in [7, 11) is 0. The van der Waals surface area contributed by atoms with Gasteiger partial charge in [0, 0.05) is 43.8 Å². The Morgan fingerprint density at radius 2 is 1.90 bits per heavy atom. The van der Waals surface area contributed by atoms with Crippen molar-refractivity contribution >= 4 is 34.9 Å². The van der Waals surface area contributed by atoms with Crippen LogP contribution in [0.25, 0.3) is 0 Å². The molecular formula is C28H27ClF2N6O2. The van der Waals surface area contributed by atoms with Gasteiger partial charge in [0.1, 0.15) is 23.3 Å². The van der Waals surface area contributed by atoms with Crippen molar-refractivity contribution in [1.82, 2.24) is 20.3 Å². The van der Waals surface area contributed by atoms with Crippen LogP contribution in [0.4, 0.5) is 20.3 Å². The van der Waals surface area contributed by atoms with Gasteiger partial charge in [0.2, 0.25) is 5.91 Å². The fraction of sp³-hybridized carbons (Fsp3) is 0.393. The maximum atomic E-state index is 13.8. The topological polar surface area (TPSA) is 91.3 Å². The van der Waals surface area contributed by atoms with Gasteiger partial charge in [0.25, 0.3) is 12.3 Å². The SMILES string of the molecule is O=C(NC1CCC(CN2C(=O)C3(CN(c4ccncn4)C3)c3ccccc32)CC1)c1cc(Cl)cnc1C(F)F. The molecule has 202 valence electrons. The third kappa shape index (κ3) is 4.60. The maximum Gasteiger partial charge on any atom is 0.281 e. The zero-order chi connectivity index (χ0) is 27.1. The largest absolute Gasteiger partial charge is 0.354 e. The Kier molecular flexibility index (Phi) is 6.66. The maximum absolute atomic E-state index is 13.8. The van der Waals surface area contributed by atoms with E-state index in [1.54, 1.807) is 6.20 Å². The van der Waals surface area contributed by atoms with E-state index in [9.17, 15) is 18.4 Å². The summed E-state index contributed by atoms with van der Waals surface area (Å²) in [6, 6.07) is 11.0. The van der Waals surface area contributed by atoms with Crippen LogP contribution in [0.15, 0.2) is 55.1 Å². The Morgan fingerprint density at radius 3 is 2.62 bits per heavy atom. The summed E-state index contributed by atoms with van der Waals surface area (Å²) >= 11 is 5.90. The molecule has 2 amide bonds. The van der Waals surface area contributed by atoms with Crippen molar-refractivity contribution in [3.8, 4) is 0 Å². The van der Waals surface area contributed by atoms with E-state index < -0.39 is 23.4 Å². The summed E-state index contributed by atoms with van der Waals surface area (Å²) in [6.07, 6.45) is 4.48. The van der Waals surface area contributed by atoms with Crippen molar-refractivity contribution in [2.75, 3.05) is 29.4 Å². The molecule has 2 aliphatic heterocycles. The van der Waals surface area contributed by atoms with E-state index in [0.717, 1.165) is 36.1 Å². The zero-order valence-corrected chi connectivity index (χ0v) is 21.8. The van der Waals surface area contributed by atoms with Crippen molar-refractivity contribution in [2.24, 2.45) is 5.92 Å². The number of nitrogens with zero attached hydrogens (tertiary/aromatic N) is 5. The fourth-order valence-electron chi connectivity index (χ4n) is 6.14. The molecule has 1 spiro atoms. The van der Waals surface area contributed by atoms with Gasteiger partial charge in [-0.05, 0) is 55.4 Å². The number of carbonyl (C=O) groups excluding carboxylic acids is 2. The highest BCUT2D eigenvalue weighted by Crippen LogP contribution is 2.48. The number of hydrogen-bond donors (Lipinski definition) is 1. The van der Waals surface area contributed by atoms with Gasteiger partial charge in [0.05, 0.1) is 10.6 Å². The lowest BCUT2D eigenvalue weighted by Gasteiger charge is -2.47. The van der Waals surface area contributed by atoms with Crippen LogP contribution in [-0.2, 0) is 10.2 Å². The van der Waals surface area contributed by atoms with E-state index in [2.05, 4.69) is 31.2 Å². The van der Waals surface area contributed by atoms with Crippen molar-refractivity contribution < 1.29 is 18.4 Å². The molecular weight excluding hydrogens is 526 g/mol. The first-order valence-corrected chi connectivity index (χ1v) is 13.4. The van der Waals surface area contributed by atoms with Crippen molar-refractivity contribution in [3.05, 3.63) is 77.0 Å². The van der Waals surface area contributed by atoms with Gasteiger partial charge in [-0.3, -0.25) is 14.6 Å². The molecule has 8 nitrogen and oxygen atoms in total. The number of anilines is 2. The smallest absolute Gasteiger partial charge is 0.281 e. The minimum Gasteiger partial charge on any atom is -0.354 e. The van der Waals surface area contributed by atoms with Gasteiger partial charge in [-0.25, -0.2) is 18.7 Å². The highest BCUT2D eigenvalue weighted by Gasteiger charge is 2.58. The number of pyridine rings is 1. The number of alkyl halides is 2. The number of benzene rings is 1. The Bertz CT molecular complexity index is 1390. The average Bonchev–Trinajstić information content (AvgIpc) is 3.17. The van der Waals surface area contributed by atoms with Crippen molar-refractivity contribution in [1.29, 1.82) is 0 Å². The van der Waals surface area contributed by atoms with Crippen LogP contribution in [0, 0.1) is 5.92 Å². The lowest BCUT2D eigenvalue weighted by Crippen LogP contribution is -2.64. The van der Waals surface area contributed by atoms with E-state index in [0.29, 0.717) is 32.5 Å². The van der Waals surface area contributed by atoms with Crippen LogP contribution in [0.5, 0.6) is 0 Å². The normalized spacial score (nSPS) is 21.7. The molecule has 1 aromatic carbocycles. The minimum atomic E-state index is -2.87. The number of carbonyl (C=O) groups is 2. The quantitative estimate of drug-likeness (QED) is 0.482. The van der Waals surface area contributed by atoms with Crippen LogP contribution >= 0.6 is 11.6 Å². The first-order valence-electron chi connectivity index (χ1n) is 13.0. The molecule has 39 heavy (non-hydrogen) atoms. The molecule has 0 bridgehead atoms. The molecule has 3 aliphatic rings. The molecule has 1 saturated carbocycles. The van der Waals surface area contributed by atoms with E-state index in [1.165, 1.54) is 12.4 Å². The Labute approximate surface area is 229 Å². The number of hydrogen-bond acceptors (Lipinski definition) is 6. The van der Waals surface area contributed by atoms with E-state index in [4.69, 9.17) is 11.6 Å². The van der Waals surface area contributed by atoms with E-state index in [-0.39, 0.29) is 28.5 Å². The molecule has 2 aromatic heterocycles. The fourth-order valence-corrected chi connectivity index (χ4v) is 6.30. The number of rotatable bonds is 6. The zero-order valence-electron chi connectivity index (χ0n) is 21.1. The van der Waals surface area contributed by atoms with Gasteiger partial charge in [-0.2, -0.15) is 0 Å². The standard InChI is InChI=1S/C28H27ClF2N6O2/c29-18-11-20(24(25(30)31)33-12-18)26(38)35-19-7-5-17(6-8-19)13-37-22-4-2-1-3-21(22)28(27(37)39)14-36(15-28)23-9-10-32-16-34-23/h1-4,9-12,16-17,19,25H,5-8,13-15H2,(H,35,38). The Balaban J connectivity index is 1.09. The first kappa shape index (κ1) is 25.6. The lowest BCUT2D eigenvalue weighted by molar-refractivity contribution is -0.124. The molecule has 6 rings (SSSR count). The van der Waals surface area contributed by atoms with Crippen LogP contribution in [0.2, 0.25) is 5.02 Å².